The van der Waals surface area contributed by atoms with Crippen molar-refractivity contribution in [3.63, 3.8) is 0 Å². The van der Waals surface area contributed by atoms with E-state index in [1.165, 1.54) is 0 Å². The summed E-state index contributed by atoms with van der Waals surface area (Å²) in [5, 5.41) is 9.35. The summed E-state index contributed by atoms with van der Waals surface area (Å²) in [6, 6.07) is 5.61. The van der Waals surface area contributed by atoms with E-state index in [0.29, 0.717) is 5.02 Å². The number of aliphatic carboxylic acids is 1. The van der Waals surface area contributed by atoms with E-state index in [-0.39, 0.29) is 6.42 Å². The molecule has 0 heterocycles. The molecule has 1 aliphatic carbocycles. The van der Waals surface area contributed by atoms with E-state index in [4.69, 9.17) is 16.7 Å². The molecular formula is C11H9ClO2. The fourth-order valence-corrected chi connectivity index (χ4v) is 1.87. The minimum Gasteiger partial charge on any atom is -0.481 e. The van der Waals surface area contributed by atoms with Gasteiger partial charge in [-0.05, 0) is 35.3 Å². The Bertz CT molecular complexity index is 421. The predicted molar refractivity (Wildman–Crippen MR) is 55.4 cm³/mol. The van der Waals surface area contributed by atoms with Gasteiger partial charge in [-0.2, -0.15) is 0 Å². The Hall–Kier alpha value is -1.28. The SMILES string of the molecule is O=C(O)CC1=CCc2ccc(Cl)cc21. The average molecular weight is 209 g/mol. The van der Waals surface area contributed by atoms with Crippen molar-refractivity contribution in [3.8, 4) is 0 Å². The maximum Gasteiger partial charge on any atom is 0.307 e. The normalized spacial score (nSPS) is 13.6. The van der Waals surface area contributed by atoms with Gasteiger partial charge in [0.1, 0.15) is 0 Å². The van der Waals surface area contributed by atoms with Gasteiger partial charge in [0.15, 0.2) is 0 Å². The molecular weight excluding hydrogens is 200 g/mol. The maximum atomic E-state index is 10.6. The van der Waals surface area contributed by atoms with Crippen LogP contribution in [0.5, 0.6) is 0 Å². The van der Waals surface area contributed by atoms with E-state index < -0.39 is 5.97 Å². The first kappa shape index (κ1) is 9.28. The molecule has 0 bridgehead atoms. The molecule has 72 valence electrons. The van der Waals surface area contributed by atoms with Crippen LogP contribution in [0.25, 0.3) is 5.57 Å². The van der Waals surface area contributed by atoms with Crippen molar-refractivity contribution in [1.29, 1.82) is 0 Å². The van der Waals surface area contributed by atoms with Gasteiger partial charge in [-0.3, -0.25) is 4.79 Å². The van der Waals surface area contributed by atoms with Crippen molar-refractivity contribution in [2.45, 2.75) is 12.8 Å². The molecule has 1 aliphatic rings. The summed E-state index contributed by atoms with van der Waals surface area (Å²) in [5.41, 5.74) is 3.01. The molecule has 0 amide bonds. The lowest BCUT2D eigenvalue weighted by Gasteiger charge is -2.03. The molecule has 0 saturated carbocycles. The Morgan fingerprint density at radius 3 is 3.00 bits per heavy atom. The second-order valence-electron chi connectivity index (χ2n) is 3.31. The molecule has 0 unspecified atom stereocenters. The molecule has 0 saturated heterocycles. The molecule has 0 aromatic heterocycles. The summed E-state index contributed by atoms with van der Waals surface area (Å²) in [6.07, 6.45) is 2.84. The molecule has 0 aliphatic heterocycles. The summed E-state index contributed by atoms with van der Waals surface area (Å²) >= 11 is 5.85. The summed E-state index contributed by atoms with van der Waals surface area (Å²) in [6.45, 7) is 0. The maximum absolute atomic E-state index is 10.6. The molecule has 1 aromatic carbocycles. The predicted octanol–water partition coefficient (Wildman–Crippen LogP) is 2.75. The third-order valence-corrected chi connectivity index (χ3v) is 2.56. The number of hydrogen-bond donors (Lipinski definition) is 1. The molecule has 0 fully saturated rings. The molecule has 0 radical (unpaired) electrons. The largest absolute Gasteiger partial charge is 0.481 e. The Labute approximate surface area is 86.8 Å². The summed E-state index contributed by atoms with van der Waals surface area (Å²) in [5.74, 6) is -0.802. The molecule has 2 rings (SSSR count). The van der Waals surface area contributed by atoms with Crippen molar-refractivity contribution in [3.05, 3.63) is 40.4 Å². The molecule has 3 heteroatoms. The van der Waals surface area contributed by atoms with Crippen LogP contribution in [0.3, 0.4) is 0 Å². The first-order chi connectivity index (χ1) is 6.66. The van der Waals surface area contributed by atoms with Crippen molar-refractivity contribution in [1.82, 2.24) is 0 Å². The number of hydrogen-bond acceptors (Lipinski definition) is 1. The quantitative estimate of drug-likeness (QED) is 0.812. The third kappa shape index (κ3) is 1.66. The Balaban J connectivity index is 2.35. The number of allylic oxidation sites excluding steroid dienone is 1. The monoisotopic (exact) mass is 208 g/mol. The van der Waals surface area contributed by atoms with E-state index in [0.717, 1.165) is 23.1 Å². The first-order valence-electron chi connectivity index (χ1n) is 4.36. The minimum absolute atomic E-state index is 0.0767. The van der Waals surface area contributed by atoms with Gasteiger partial charge in [0.2, 0.25) is 0 Å². The Morgan fingerprint density at radius 2 is 2.29 bits per heavy atom. The number of carbonyl (C=O) groups is 1. The highest BCUT2D eigenvalue weighted by Crippen LogP contribution is 2.31. The highest BCUT2D eigenvalue weighted by atomic mass is 35.5. The fraction of sp³-hybridized carbons (Fsp3) is 0.182. The van der Waals surface area contributed by atoms with Gasteiger partial charge in [-0.1, -0.05) is 23.7 Å². The topological polar surface area (TPSA) is 37.3 Å². The van der Waals surface area contributed by atoms with Crippen LogP contribution in [0, 0.1) is 0 Å². The Kier molecular flexibility index (Phi) is 2.30. The van der Waals surface area contributed by atoms with E-state index in [1.54, 1.807) is 0 Å². The highest BCUT2D eigenvalue weighted by molar-refractivity contribution is 6.30. The van der Waals surface area contributed by atoms with Gasteiger partial charge in [-0.25, -0.2) is 0 Å². The highest BCUT2D eigenvalue weighted by Gasteiger charge is 2.16. The zero-order valence-corrected chi connectivity index (χ0v) is 8.21. The third-order valence-electron chi connectivity index (χ3n) is 2.33. The van der Waals surface area contributed by atoms with Crippen LogP contribution in [-0.4, -0.2) is 11.1 Å². The lowest BCUT2D eigenvalue weighted by Crippen LogP contribution is -1.95. The zero-order chi connectivity index (χ0) is 10.1. The van der Waals surface area contributed by atoms with Gasteiger partial charge < -0.3 is 5.11 Å². The first-order valence-corrected chi connectivity index (χ1v) is 4.74. The summed E-state index contributed by atoms with van der Waals surface area (Å²) in [7, 11) is 0. The van der Waals surface area contributed by atoms with Crippen LogP contribution in [0.15, 0.2) is 24.3 Å². The van der Waals surface area contributed by atoms with Crippen LogP contribution in [-0.2, 0) is 11.2 Å². The summed E-state index contributed by atoms with van der Waals surface area (Å²) < 4.78 is 0. The van der Waals surface area contributed by atoms with Gasteiger partial charge in [0.25, 0.3) is 0 Å². The van der Waals surface area contributed by atoms with Gasteiger partial charge in [-0.15, -0.1) is 0 Å². The second-order valence-corrected chi connectivity index (χ2v) is 3.74. The zero-order valence-electron chi connectivity index (χ0n) is 7.46. The molecule has 2 nitrogen and oxygen atoms in total. The Morgan fingerprint density at radius 1 is 1.50 bits per heavy atom. The van der Waals surface area contributed by atoms with Crippen LogP contribution in [0.4, 0.5) is 0 Å². The van der Waals surface area contributed by atoms with Crippen LogP contribution >= 0.6 is 11.6 Å². The number of carboxylic acids is 1. The minimum atomic E-state index is -0.802. The van der Waals surface area contributed by atoms with E-state index in [1.807, 2.05) is 24.3 Å². The molecule has 14 heavy (non-hydrogen) atoms. The number of halogens is 1. The molecule has 1 aromatic rings. The van der Waals surface area contributed by atoms with Crippen LogP contribution < -0.4 is 0 Å². The standard InChI is InChI=1S/C11H9ClO2/c12-9-4-3-7-1-2-8(5-11(13)14)10(7)6-9/h2-4,6H,1,5H2,(H,13,14). The molecule has 0 spiro atoms. The number of carboxylic acid groups (broad SMARTS) is 1. The number of fused-ring (bicyclic) bond motifs is 1. The smallest absolute Gasteiger partial charge is 0.307 e. The lowest BCUT2D eigenvalue weighted by molar-refractivity contribution is -0.135. The van der Waals surface area contributed by atoms with Gasteiger partial charge >= 0.3 is 5.97 Å². The van der Waals surface area contributed by atoms with Gasteiger partial charge in [0.05, 0.1) is 6.42 Å². The summed E-state index contributed by atoms with van der Waals surface area (Å²) in [4.78, 5) is 10.6. The number of rotatable bonds is 2. The molecule has 1 N–H and O–H groups in total. The van der Waals surface area contributed by atoms with Gasteiger partial charge in [0, 0.05) is 5.02 Å². The second kappa shape index (κ2) is 3.46. The van der Waals surface area contributed by atoms with E-state index in [9.17, 15) is 4.79 Å². The van der Waals surface area contributed by atoms with Crippen LogP contribution in [0.1, 0.15) is 17.5 Å². The lowest BCUT2D eigenvalue weighted by atomic mass is 10.0. The fourth-order valence-electron chi connectivity index (χ4n) is 1.70. The van der Waals surface area contributed by atoms with E-state index >= 15 is 0 Å². The van der Waals surface area contributed by atoms with Crippen molar-refractivity contribution in [2.24, 2.45) is 0 Å². The van der Waals surface area contributed by atoms with Crippen LogP contribution in [0.2, 0.25) is 5.02 Å². The van der Waals surface area contributed by atoms with E-state index in [2.05, 4.69) is 0 Å². The van der Waals surface area contributed by atoms with Crippen molar-refractivity contribution in [2.75, 3.05) is 0 Å². The number of benzene rings is 1. The average Bonchev–Trinajstić information content (AvgIpc) is 2.47. The van der Waals surface area contributed by atoms with Crippen molar-refractivity contribution < 1.29 is 9.90 Å². The van der Waals surface area contributed by atoms with Crippen molar-refractivity contribution >= 4 is 23.1 Å². The molecule has 0 atom stereocenters.